The molecule has 0 radical (unpaired) electrons. The second-order valence-corrected chi connectivity index (χ2v) is 10.1. The van der Waals surface area contributed by atoms with Gasteiger partial charge in [-0.15, -0.1) is 6.58 Å². The first-order valence-electron chi connectivity index (χ1n) is 13.1. The van der Waals surface area contributed by atoms with Crippen LogP contribution in [0, 0.1) is 6.92 Å². The Bertz CT molecular complexity index is 1600. The second kappa shape index (κ2) is 12.3. The smallest absolute Gasteiger partial charge is 0.338 e. The fourth-order valence-corrected chi connectivity index (χ4v) is 5.70. The highest BCUT2D eigenvalue weighted by molar-refractivity contribution is 7.07. The zero-order valence-electron chi connectivity index (χ0n) is 23.1. The molecular weight excluding hydrogens is 512 g/mol. The molecule has 1 aromatic heterocycles. The van der Waals surface area contributed by atoms with Crippen LogP contribution in [-0.4, -0.2) is 30.4 Å². The van der Waals surface area contributed by atoms with Crippen molar-refractivity contribution < 1.29 is 19.0 Å². The van der Waals surface area contributed by atoms with Crippen molar-refractivity contribution in [3.05, 3.63) is 102 Å². The first kappa shape index (κ1) is 28.1. The van der Waals surface area contributed by atoms with Crippen LogP contribution in [0.1, 0.15) is 56.0 Å². The maximum absolute atomic E-state index is 13.9. The van der Waals surface area contributed by atoms with Gasteiger partial charge in [0.2, 0.25) is 0 Å². The van der Waals surface area contributed by atoms with E-state index in [0.29, 0.717) is 51.7 Å². The molecule has 1 aliphatic rings. The zero-order valence-corrected chi connectivity index (χ0v) is 23.9. The monoisotopic (exact) mass is 546 g/mol. The molecule has 0 saturated heterocycles. The second-order valence-electron chi connectivity index (χ2n) is 9.08. The normalized spacial score (nSPS) is 15.0. The molecule has 3 aromatic rings. The van der Waals surface area contributed by atoms with Crippen molar-refractivity contribution in [3.63, 3.8) is 0 Å². The SMILES string of the molecule is C=CCc1cc(/C=c2/sc3n(c2=O)[C@H](c2ccc(C)cc2)C(C(=O)OCC)=C(C)N=3)cc(OCC)c1OCC. The molecule has 8 heteroatoms. The number of nitrogens with zero attached hydrogens (tertiary/aromatic N) is 2. The van der Waals surface area contributed by atoms with E-state index in [1.54, 1.807) is 18.4 Å². The molecule has 7 nitrogen and oxygen atoms in total. The van der Waals surface area contributed by atoms with Gasteiger partial charge in [-0.3, -0.25) is 9.36 Å². The number of benzene rings is 2. The zero-order chi connectivity index (χ0) is 28.1. The van der Waals surface area contributed by atoms with E-state index in [2.05, 4.69) is 11.6 Å². The number of rotatable bonds is 10. The van der Waals surface area contributed by atoms with Gasteiger partial charge in [0.25, 0.3) is 5.56 Å². The van der Waals surface area contributed by atoms with E-state index < -0.39 is 12.0 Å². The van der Waals surface area contributed by atoms with Crippen LogP contribution >= 0.6 is 11.3 Å². The van der Waals surface area contributed by atoms with E-state index in [-0.39, 0.29) is 12.2 Å². The summed E-state index contributed by atoms with van der Waals surface area (Å²) in [6.45, 7) is 14.5. The number of allylic oxidation sites excluding steroid dienone is 2. The number of esters is 1. The van der Waals surface area contributed by atoms with E-state index in [1.165, 1.54) is 11.3 Å². The Morgan fingerprint density at radius 1 is 1.08 bits per heavy atom. The third-order valence-corrected chi connectivity index (χ3v) is 7.30. The van der Waals surface area contributed by atoms with Crippen LogP contribution in [-0.2, 0) is 16.0 Å². The Hall–Kier alpha value is -3.91. The average molecular weight is 547 g/mol. The van der Waals surface area contributed by atoms with Gasteiger partial charge < -0.3 is 14.2 Å². The molecule has 0 spiro atoms. The Morgan fingerprint density at radius 2 is 1.79 bits per heavy atom. The van der Waals surface area contributed by atoms with Crippen molar-refractivity contribution in [2.24, 2.45) is 4.99 Å². The number of thiazole rings is 1. The molecule has 39 heavy (non-hydrogen) atoms. The maximum Gasteiger partial charge on any atom is 0.338 e. The first-order valence-corrected chi connectivity index (χ1v) is 13.9. The molecule has 0 N–H and O–H groups in total. The predicted molar refractivity (Wildman–Crippen MR) is 154 cm³/mol. The lowest BCUT2D eigenvalue weighted by Gasteiger charge is -2.24. The minimum atomic E-state index is -0.640. The van der Waals surface area contributed by atoms with E-state index in [4.69, 9.17) is 14.2 Å². The van der Waals surface area contributed by atoms with Gasteiger partial charge in [0.15, 0.2) is 16.3 Å². The summed E-state index contributed by atoms with van der Waals surface area (Å²) < 4.78 is 19.3. The van der Waals surface area contributed by atoms with Crippen molar-refractivity contribution in [1.82, 2.24) is 4.57 Å². The summed E-state index contributed by atoms with van der Waals surface area (Å²) in [6, 6.07) is 11.1. The van der Waals surface area contributed by atoms with Crippen LogP contribution < -0.4 is 24.4 Å². The van der Waals surface area contributed by atoms with Crippen LogP contribution in [0.4, 0.5) is 0 Å². The van der Waals surface area contributed by atoms with Gasteiger partial charge in [-0.05, 0) is 70.4 Å². The van der Waals surface area contributed by atoms with Gasteiger partial charge in [-0.2, -0.15) is 0 Å². The van der Waals surface area contributed by atoms with E-state index in [1.807, 2.05) is 69.3 Å². The summed E-state index contributed by atoms with van der Waals surface area (Å²) >= 11 is 1.29. The Kier molecular flexibility index (Phi) is 8.86. The van der Waals surface area contributed by atoms with Gasteiger partial charge in [0, 0.05) is 5.56 Å². The Morgan fingerprint density at radius 3 is 2.44 bits per heavy atom. The minimum absolute atomic E-state index is 0.226. The molecule has 0 aliphatic carbocycles. The summed E-state index contributed by atoms with van der Waals surface area (Å²) in [5, 5.41) is 0. The average Bonchev–Trinajstić information content (AvgIpc) is 3.20. The molecule has 1 atom stereocenters. The number of fused-ring (bicyclic) bond motifs is 1. The van der Waals surface area contributed by atoms with Gasteiger partial charge in [-0.1, -0.05) is 47.2 Å². The quantitative estimate of drug-likeness (QED) is 0.274. The lowest BCUT2D eigenvalue weighted by molar-refractivity contribution is -0.139. The third-order valence-electron chi connectivity index (χ3n) is 6.31. The fourth-order valence-electron chi connectivity index (χ4n) is 4.65. The lowest BCUT2D eigenvalue weighted by Crippen LogP contribution is -2.39. The first-order chi connectivity index (χ1) is 18.8. The van der Waals surface area contributed by atoms with E-state index in [0.717, 1.165) is 22.3 Å². The largest absolute Gasteiger partial charge is 0.490 e. The van der Waals surface area contributed by atoms with Gasteiger partial charge >= 0.3 is 5.97 Å². The van der Waals surface area contributed by atoms with Crippen LogP contribution in [0.15, 0.2) is 70.1 Å². The number of aromatic nitrogens is 1. The highest BCUT2D eigenvalue weighted by Gasteiger charge is 2.33. The fraction of sp³-hybridized carbons (Fsp3) is 0.323. The summed E-state index contributed by atoms with van der Waals surface area (Å²) in [6.07, 6.45) is 4.24. The molecule has 0 fully saturated rings. The molecule has 2 aromatic carbocycles. The van der Waals surface area contributed by atoms with Crippen LogP contribution in [0.3, 0.4) is 0 Å². The molecule has 0 amide bonds. The van der Waals surface area contributed by atoms with Crippen LogP contribution in [0.25, 0.3) is 6.08 Å². The van der Waals surface area contributed by atoms with E-state index in [9.17, 15) is 9.59 Å². The van der Waals surface area contributed by atoms with Gasteiger partial charge in [0.1, 0.15) is 0 Å². The van der Waals surface area contributed by atoms with Crippen molar-refractivity contribution in [3.8, 4) is 11.5 Å². The number of carbonyl (C=O) groups is 1. The highest BCUT2D eigenvalue weighted by Crippen LogP contribution is 2.34. The summed E-state index contributed by atoms with van der Waals surface area (Å²) in [5.41, 5.74) is 4.31. The molecule has 0 saturated carbocycles. The third kappa shape index (κ3) is 5.76. The van der Waals surface area contributed by atoms with Crippen molar-refractivity contribution in [2.45, 2.75) is 47.1 Å². The number of carbonyl (C=O) groups excluding carboxylic acids is 1. The van der Waals surface area contributed by atoms with Crippen molar-refractivity contribution in [1.29, 1.82) is 0 Å². The topological polar surface area (TPSA) is 79.1 Å². The van der Waals surface area contributed by atoms with Crippen molar-refractivity contribution in [2.75, 3.05) is 19.8 Å². The van der Waals surface area contributed by atoms with E-state index >= 15 is 0 Å². The van der Waals surface area contributed by atoms with Gasteiger partial charge in [-0.25, -0.2) is 9.79 Å². The number of ether oxygens (including phenoxy) is 3. The van der Waals surface area contributed by atoms with Crippen molar-refractivity contribution >= 4 is 23.4 Å². The Labute approximate surface area is 232 Å². The maximum atomic E-state index is 13.9. The minimum Gasteiger partial charge on any atom is -0.490 e. The molecule has 0 bridgehead atoms. The number of hydrogen-bond donors (Lipinski definition) is 0. The molecule has 1 aliphatic heterocycles. The molecule has 0 unspecified atom stereocenters. The molecule has 204 valence electrons. The lowest BCUT2D eigenvalue weighted by atomic mass is 9.95. The Balaban J connectivity index is 1.93. The van der Waals surface area contributed by atoms with Crippen LogP contribution in [0.5, 0.6) is 11.5 Å². The predicted octanol–water partition coefficient (Wildman–Crippen LogP) is 4.63. The molecule has 2 heterocycles. The summed E-state index contributed by atoms with van der Waals surface area (Å²) in [5.74, 6) is 0.836. The van der Waals surface area contributed by atoms with Gasteiger partial charge in [0.05, 0.1) is 41.7 Å². The van der Waals surface area contributed by atoms with Crippen LogP contribution in [0.2, 0.25) is 0 Å². The standard InChI is InChI=1S/C31H34N2O5S/c1-7-11-23-16-21(17-24(36-8-2)28(23)37-9-3)18-25-29(34)33-27(22-14-12-19(5)13-15-22)26(30(35)38-10-4)20(6)32-31(33)39-25/h7,12-18,27H,1,8-11H2,2-6H3/b25-18+/t27-/m1/s1. The number of hydrogen-bond acceptors (Lipinski definition) is 7. The molecule has 4 rings (SSSR count). The number of aryl methyl sites for hydroxylation is 1. The molecular formula is C31H34N2O5S. The summed E-state index contributed by atoms with van der Waals surface area (Å²) in [4.78, 5) is 32.2. The summed E-state index contributed by atoms with van der Waals surface area (Å²) in [7, 11) is 0. The highest BCUT2D eigenvalue weighted by atomic mass is 32.1.